The lowest BCUT2D eigenvalue weighted by molar-refractivity contribution is 0.0716. The van der Waals surface area contributed by atoms with Gasteiger partial charge in [0, 0.05) is 18.4 Å². The van der Waals surface area contributed by atoms with Gasteiger partial charge in [0.05, 0.1) is 18.3 Å². The Morgan fingerprint density at radius 2 is 2.35 bits per heavy atom. The molecule has 0 aromatic carbocycles. The van der Waals surface area contributed by atoms with Gasteiger partial charge in [0.2, 0.25) is 0 Å². The molecule has 1 N–H and O–H groups in total. The summed E-state index contributed by atoms with van der Waals surface area (Å²) in [6.45, 7) is 5.68. The SMILES string of the molecule is Cc1cc(C)n(C[C@H]2CCCN2C(=O)c2ccc[nH]2)n1. The van der Waals surface area contributed by atoms with Gasteiger partial charge in [-0.3, -0.25) is 9.48 Å². The zero-order valence-corrected chi connectivity index (χ0v) is 12.0. The van der Waals surface area contributed by atoms with E-state index in [4.69, 9.17) is 0 Å². The van der Waals surface area contributed by atoms with E-state index in [-0.39, 0.29) is 11.9 Å². The highest BCUT2D eigenvalue weighted by Crippen LogP contribution is 2.21. The molecule has 1 saturated heterocycles. The molecule has 0 aliphatic carbocycles. The van der Waals surface area contributed by atoms with E-state index in [2.05, 4.69) is 23.1 Å². The summed E-state index contributed by atoms with van der Waals surface area (Å²) in [5.41, 5.74) is 2.86. The number of aryl methyl sites for hydroxylation is 2. The summed E-state index contributed by atoms with van der Waals surface area (Å²) in [4.78, 5) is 17.4. The number of carbonyl (C=O) groups excluding carboxylic acids is 1. The fourth-order valence-corrected chi connectivity index (χ4v) is 2.97. The summed E-state index contributed by atoms with van der Waals surface area (Å²) >= 11 is 0. The third-order valence-corrected chi connectivity index (χ3v) is 3.95. The predicted octanol–water partition coefficient (Wildman–Crippen LogP) is 2.13. The fourth-order valence-electron chi connectivity index (χ4n) is 2.97. The first-order valence-corrected chi connectivity index (χ1v) is 7.10. The normalized spacial score (nSPS) is 18.7. The van der Waals surface area contributed by atoms with Gasteiger partial charge in [-0.1, -0.05) is 0 Å². The van der Waals surface area contributed by atoms with Gasteiger partial charge in [0.15, 0.2) is 0 Å². The Morgan fingerprint density at radius 3 is 3.00 bits per heavy atom. The number of rotatable bonds is 3. The van der Waals surface area contributed by atoms with Crippen molar-refractivity contribution >= 4 is 5.91 Å². The molecule has 2 aromatic rings. The van der Waals surface area contributed by atoms with Crippen molar-refractivity contribution in [2.75, 3.05) is 6.54 Å². The molecule has 106 valence electrons. The Bertz CT molecular complexity index is 599. The Kier molecular flexibility index (Phi) is 3.34. The molecule has 1 aliphatic rings. The standard InChI is InChI=1S/C15H20N4O/c1-11-9-12(2)19(17-11)10-13-5-4-8-18(13)15(20)14-6-3-7-16-14/h3,6-7,9,13,16H,4-5,8,10H2,1-2H3/t13-/m1/s1. The molecular weight excluding hydrogens is 252 g/mol. The van der Waals surface area contributed by atoms with Crippen molar-refractivity contribution in [2.24, 2.45) is 0 Å². The molecule has 0 saturated carbocycles. The van der Waals surface area contributed by atoms with Gasteiger partial charge < -0.3 is 9.88 Å². The van der Waals surface area contributed by atoms with Crippen LogP contribution in [0.3, 0.4) is 0 Å². The Morgan fingerprint density at radius 1 is 1.50 bits per heavy atom. The molecule has 1 amide bonds. The summed E-state index contributed by atoms with van der Waals surface area (Å²) in [6.07, 6.45) is 3.90. The summed E-state index contributed by atoms with van der Waals surface area (Å²) in [5.74, 6) is 0.0963. The van der Waals surface area contributed by atoms with Crippen LogP contribution in [0.25, 0.3) is 0 Å². The maximum absolute atomic E-state index is 12.5. The molecule has 1 aliphatic heterocycles. The largest absolute Gasteiger partial charge is 0.357 e. The maximum atomic E-state index is 12.5. The summed E-state index contributed by atoms with van der Waals surface area (Å²) < 4.78 is 2.01. The quantitative estimate of drug-likeness (QED) is 0.930. The van der Waals surface area contributed by atoms with E-state index in [1.54, 1.807) is 6.20 Å². The molecule has 1 atom stereocenters. The average Bonchev–Trinajstić information content (AvgIpc) is 3.12. The highest BCUT2D eigenvalue weighted by atomic mass is 16.2. The first-order chi connectivity index (χ1) is 9.65. The Hall–Kier alpha value is -2.04. The maximum Gasteiger partial charge on any atom is 0.270 e. The summed E-state index contributed by atoms with van der Waals surface area (Å²) in [6, 6.07) is 6.01. The van der Waals surface area contributed by atoms with Crippen molar-refractivity contribution in [3.63, 3.8) is 0 Å². The zero-order chi connectivity index (χ0) is 14.1. The molecule has 3 rings (SSSR count). The summed E-state index contributed by atoms with van der Waals surface area (Å²) in [7, 11) is 0. The van der Waals surface area contributed by atoms with E-state index in [0.29, 0.717) is 5.69 Å². The molecule has 20 heavy (non-hydrogen) atoms. The predicted molar refractivity (Wildman–Crippen MR) is 76.6 cm³/mol. The molecule has 0 spiro atoms. The van der Waals surface area contributed by atoms with Crippen molar-refractivity contribution in [2.45, 2.75) is 39.3 Å². The number of aromatic amines is 1. The van der Waals surface area contributed by atoms with E-state index in [1.807, 2.05) is 28.6 Å². The topological polar surface area (TPSA) is 53.9 Å². The number of aromatic nitrogens is 3. The van der Waals surface area contributed by atoms with Crippen LogP contribution in [0, 0.1) is 13.8 Å². The Labute approximate surface area is 118 Å². The molecule has 3 heterocycles. The molecule has 1 fully saturated rings. The Balaban J connectivity index is 1.76. The smallest absolute Gasteiger partial charge is 0.270 e. The van der Waals surface area contributed by atoms with Crippen molar-refractivity contribution in [3.8, 4) is 0 Å². The minimum atomic E-state index is 0.0963. The van der Waals surface area contributed by atoms with Gasteiger partial charge in [-0.2, -0.15) is 5.10 Å². The van der Waals surface area contributed by atoms with Gasteiger partial charge in [-0.25, -0.2) is 0 Å². The van der Waals surface area contributed by atoms with Crippen molar-refractivity contribution in [1.29, 1.82) is 0 Å². The van der Waals surface area contributed by atoms with Crippen LogP contribution in [0.1, 0.15) is 34.7 Å². The number of nitrogens with zero attached hydrogens (tertiary/aromatic N) is 3. The summed E-state index contributed by atoms with van der Waals surface area (Å²) in [5, 5.41) is 4.50. The van der Waals surface area contributed by atoms with E-state index < -0.39 is 0 Å². The van der Waals surface area contributed by atoms with E-state index in [9.17, 15) is 4.79 Å². The average molecular weight is 272 g/mol. The van der Waals surface area contributed by atoms with E-state index in [1.165, 1.54) is 0 Å². The number of H-pyrrole nitrogens is 1. The second kappa shape index (κ2) is 5.15. The number of hydrogen-bond acceptors (Lipinski definition) is 2. The van der Waals surface area contributed by atoms with Crippen LogP contribution in [0.2, 0.25) is 0 Å². The van der Waals surface area contributed by atoms with Crippen LogP contribution in [-0.2, 0) is 6.54 Å². The van der Waals surface area contributed by atoms with Crippen LogP contribution >= 0.6 is 0 Å². The molecule has 0 radical (unpaired) electrons. The highest BCUT2D eigenvalue weighted by Gasteiger charge is 2.30. The van der Waals surface area contributed by atoms with Crippen molar-refractivity contribution in [3.05, 3.63) is 41.5 Å². The first-order valence-electron chi connectivity index (χ1n) is 7.10. The number of amides is 1. The van der Waals surface area contributed by atoms with Gasteiger partial charge in [0.1, 0.15) is 5.69 Å². The zero-order valence-electron chi connectivity index (χ0n) is 12.0. The van der Waals surface area contributed by atoms with Gasteiger partial charge >= 0.3 is 0 Å². The molecule has 0 unspecified atom stereocenters. The third-order valence-electron chi connectivity index (χ3n) is 3.95. The first kappa shape index (κ1) is 13.0. The van der Waals surface area contributed by atoms with Gasteiger partial charge in [-0.05, 0) is 44.9 Å². The second-order valence-corrected chi connectivity index (χ2v) is 5.49. The second-order valence-electron chi connectivity index (χ2n) is 5.49. The van der Waals surface area contributed by atoms with E-state index >= 15 is 0 Å². The van der Waals surface area contributed by atoms with Gasteiger partial charge in [-0.15, -0.1) is 0 Å². The number of carbonyl (C=O) groups is 1. The monoisotopic (exact) mass is 272 g/mol. The van der Waals surface area contributed by atoms with Crippen LogP contribution in [0.5, 0.6) is 0 Å². The molecule has 2 aromatic heterocycles. The van der Waals surface area contributed by atoms with Crippen LogP contribution in [0.15, 0.2) is 24.4 Å². The molecule has 5 heteroatoms. The van der Waals surface area contributed by atoms with Crippen LogP contribution in [0.4, 0.5) is 0 Å². The fraction of sp³-hybridized carbons (Fsp3) is 0.467. The molecular formula is C15H20N4O. The van der Waals surface area contributed by atoms with E-state index in [0.717, 1.165) is 37.3 Å². The highest BCUT2D eigenvalue weighted by molar-refractivity contribution is 5.92. The van der Waals surface area contributed by atoms with Crippen LogP contribution < -0.4 is 0 Å². The lowest BCUT2D eigenvalue weighted by Crippen LogP contribution is -2.38. The molecule has 5 nitrogen and oxygen atoms in total. The van der Waals surface area contributed by atoms with Gasteiger partial charge in [0.25, 0.3) is 5.91 Å². The lowest BCUT2D eigenvalue weighted by atomic mass is 10.2. The van der Waals surface area contributed by atoms with Crippen LogP contribution in [-0.4, -0.2) is 38.2 Å². The van der Waals surface area contributed by atoms with Crippen molar-refractivity contribution < 1.29 is 4.79 Å². The molecule has 0 bridgehead atoms. The number of nitrogens with one attached hydrogen (secondary N) is 1. The number of hydrogen-bond donors (Lipinski definition) is 1. The minimum Gasteiger partial charge on any atom is -0.357 e. The lowest BCUT2D eigenvalue weighted by Gasteiger charge is -2.24. The minimum absolute atomic E-state index is 0.0963. The third kappa shape index (κ3) is 2.35. The van der Waals surface area contributed by atoms with Crippen molar-refractivity contribution in [1.82, 2.24) is 19.7 Å². The number of likely N-dealkylation sites (tertiary alicyclic amines) is 1.